The van der Waals surface area contributed by atoms with Crippen LogP contribution in [-0.4, -0.2) is 59.9 Å². The molecule has 1 aliphatic heterocycles. The molecule has 1 saturated heterocycles. The van der Waals surface area contributed by atoms with Gasteiger partial charge in [-0.15, -0.1) is 0 Å². The number of benzene rings is 1. The SMILES string of the molecule is Cc1ccc2c(CC(=O)N3CCCN(CC(=O)NC(C)(C)C)CC3)coc2c1C. The van der Waals surface area contributed by atoms with Crippen LogP contribution in [-0.2, 0) is 16.0 Å². The number of hydrogen-bond donors (Lipinski definition) is 1. The monoisotopic (exact) mass is 399 g/mol. The van der Waals surface area contributed by atoms with Gasteiger partial charge in [0.15, 0.2) is 0 Å². The summed E-state index contributed by atoms with van der Waals surface area (Å²) < 4.78 is 5.75. The minimum atomic E-state index is -0.227. The van der Waals surface area contributed by atoms with Crippen molar-refractivity contribution in [2.24, 2.45) is 0 Å². The van der Waals surface area contributed by atoms with E-state index in [0.717, 1.165) is 41.6 Å². The lowest BCUT2D eigenvalue weighted by Gasteiger charge is -2.25. The molecule has 3 rings (SSSR count). The van der Waals surface area contributed by atoms with Crippen molar-refractivity contribution >= 4 is 22.8 Å². The number of hydrogen-bond acceptors (Lipinski definition) is 4. The van der Waals surface area contributed by atoms with E-state index in [1.165, 1.54) is 5.56 Å². The Morgan fingerprint density at radius 1 is 1.10 bits per heavy atom. The number of rotatable bonds is 4. The summed E-state index contributed by atoms with van der Waals surface area (Å²) in [7, 11) is 0. The highest BCUT2D eigenvalue weighted by Gasteiger charge is 2.23. The molecule has 1 N–H and O–H groups in total. The maximum absolute atomic E-state index is 12.9. The van der Waals surface area contributed by atoms with Crippen molar-refractivity contribution in [2.45, 2.75) is 53.0 Å². The zero-order valence-electron chi connectivity index (χ0n) is 18.3. The zero-order chi connectivity index (χ0) is 21.2. The molecule has 0 atom stereocenters. The summed E-state index contributed by atoms with van der Waals surface area (Å²) in [5.74, 6) is 0.153. The molecular weight excluding hydrogens is 366 g/mol. The van der Waals surface area contributed by atoms with Crippen molar-refractivity contribution in [1.29, 1.82) is 0 Å². The van der Waals surface area contributed by atoms with Gasteiger partial charge in [0.05, 0.1) is 19.2 Å². The van der Waals surface area contributed by atoms with E-state index in [1.807, 2.05) is 38.7 Å². The molecule has 2 amide bonds. The number of nitrogens with zero attached hydrogens (tertiary/aromatic N) is 2. The van der Waals surface area contributed by atoms with E-state index in [9.17, 15) is 9.59 Å². The van der Waals surface area contributed by atoms with Gasteiger partial charge in [-0.25, -0.2) is 0 Å². The highest BCUT2D eigenvalue weighted by Crippen LogP contribution is 2.27. The Morgan fingerprint density at radius 3 is 2.59 bits per heavy atom. The number of furan rings is 1. The molecule has 0 radical (unpaired) electrons. The third-order valence-electron chi connectivity index (χ3n) is 5.51. The summed E-state index contributed by atoms with van der Waals surface area (Å²) >= 11 is 0. The summed E-state index contributed by atoms with van der Waals surface area (Å²) in [6.45, 7) is 13.4. The number of amides is 2. The fourth-order valence-corrected chi connectivity index (χ4v) is 3.84. The Morgan fingerprint density at radius 2 is 1.86 bits per heavy atom. The second-order valence-electron chi connectivity index (χ2n) is 9.13. The lowest BCUT2D eigenvalue weighted by molar-refractivity contribution is -0.130. The topological polar surface area (TPSA) is 65.8 Å². The Hall–Kier alpha value is -2.34. The molecule has 1 aliphatic rings. The molecule has 2 heterocycles. The minimum Gasteiger partial charge on any atom is -0.464 e. The molecule has 1 aromatic carbocycles. The first-order valence-electron chi connectivity index (χ1n) is 10.4. The van der Waals surface area contributed by atoms with Crippen molar-refractivity contribution in [2.75, 3.05) is 32.7 Å². The molecule has 29 heavy (non-hydrogen) atoms. The van der Waals surface area contributed by atoms with E-state index >= 15 is 0 Å². The number of aryl methyl sites for hydroxylation is 2. The summed E-state index contributed by atoms with van der Waals surface area (Å²) in [4.78, 5) is 29.2. The third-order valence-corrected chi connectivity index (χ3v) is 5.51. The van der Waals surface area contributed by atoms with Crippen LogP contribution in [0.15, 0.2) is 22.8 Å². The molecule has 0 saturated carbocycles. The molecule has 6 heteroatoms. The van der Waals surface area contributed by atoms with Crippen molar-refractivity contribution < 1.29 is 14.0 Å². The fourth-order valence-electron chi connectivity index (χ4n) is 3.84. The van der Waals surface area contributed by atoms with Gasteiger partial charge in [-0.3, -0.25) is 14.5 Å². The average Bonchev–Trinajstić information content (AvgIpc) is 2.87. The largest absolute Gasteiger partial charge is 0.464 e. The zero-order valence-corrected chi connectivity index (χ0v) is 18.3. The van der Waals surface area contributed by atoms with Crippen LogP contribution in [0.5, 0.6) is 0 Å². The van der Waals surface area contributed by atoms with Gasteiger partial charge in [0.25, 0.3) is 0 Å². The molecule has 2 aromatic rings. The number of nitrogens with one attached hydrogen (secondary N) is 1. The predicted octanol–water partition coefficient (Wildman–Crippen LogP) is 3.04. The van der Waals surface area contributed by atoms with Crippen LogP contribution in [0.4, 0.5) is 0 Å². The van der Waals surface area contributed by atoms with Gasteiger partial charge in [0.1, 0.15) is 5.58 Å². The molecule has 0 unspecified atom stereocenters. The van der Waals surface area contributed by atoms with Gasteiger partial charge in [-0.05, 0) is 52.2 Å². The summed E-state index contributed by atoms with van der Waals surface area (Å²) in [5.41, 5.74) is 3.90. The lowest BCUT2D eigenvalue weighted by Crippen LogP contribution is -2.46. The average molecular weight is 400 g/mol. The van der Waals surface area contributed by atoms with Gasteiger partial charge >= 0.3 is 0 Å². The summed E-state index contributed by atoms with van der Waals surface area (Å²) in [5, 5.41) is 4.03. The van der Waals surface area contributed by atoms with Gasteiger partial charge in [-0.1, -0.05) is 12.1 Å². The Labute approximate surface area is 173 Å². The highest BCUT2D eigenvalue weighted by molar-refractivity contribution is 5.89. The minimum absolute atomic E-state index is 0.0350. The van der Waals surface area contributed by atoms with Crippen LogP contribution in [0.25, 0.3) is 11.0 Å². The van der Waals surface area contributed by atoms with Crippen molar-refractivity contribution in [1.82, 2.24) is 15.1 Å². The first-order chi connectivity index (χ1) is 13.6. The quantitative estimate of drug-likeness (QED) is 0.858. The van der Waals surface area contributed by atoms with Crippen LogP contribution >= 0.6 is 0 Å². The van der Waals surface area contributed by atoms with Gasteiger partial charge < -0.3 is 14.6 Å². The van der Waals surface area contributed by atoms with Gasteiger partial charge in [-0.2, -0.15) is 0 Å². The number of carbonyl (C=O) groups is 2. The van der Waals surface area contributed by atoms with E-state index in [2.05, 4.69) is 23.2 Å². The highest BCUT2D eigenvalue weighted by atomic mass is 16.3. The van der Waals surface area contributed by atoms with Gasteiger partial charge in [0.2, 0.25) is 11.8 Å². The molecule has 1 aromatic heterocycles. The first-order valence-corrected chi connectivity index (χ1v) is 10.4. The maximum Gasteiger partial charge on any atom is 0.234 e. The Kier molecular flexibility index (Phi) is 6.32. The molecule has 0 spiro atoms. The Bertz CT molecular complexity index is 895. The second-order valence-corrected chi connectivity index (χ2v) is 9.13. The molecule has 1 fully saturated rings. The van der Waals surface area contributed by atoms with Crippen LogP contribution in [0, 0.1) is 13.8 Å². The van der Waals surface area contributed by atoms with Crippen molar-refractivity contribution in [3.63, 3.8) is 0 Å². The predicted molar refractivity (Wildman–Crippen MR) is 115 cm³/mol. The van der Waals surface area contributed by atoms with Crippen LogP contribution < -0.4 is 5.32 Å². The van der Waals surface area contributed by atoms with Gasteiger partial charge in [0, 0.05) is 42.7 Å². The second kappa shape index (κ2) is 8.57. The van der Waals surface area contributed by atoms with Crippen LogP contribution in [0.2, 0.25) is 0 Å². The third kappa shape index (κ3) is 5.38. The van der Waals surface area contributed by atoms with E-state index in [1.54, 1.807) is 6.26 Å². The Balaban J connectivity index is 1.59. The van der Waals surface area contributed by atoms with Crippen molar-refractivity contribution in [3.05, 3.63) is 35.1 Å². The first kappa shape index (κ1) is 21.4. The van der Waals surface area contributed by atoms with Crippen molar-refractivity contribution in [3.8, 4) is 0 Å². The van der Waals surface area contributed by atoms with E-state index in [-0.39, 0.29) is 17.4 Å². The standard InChI is InChI=1S/C23H33N3O3/c1-16-7-8-19-18(15-29-22(19)17(16)2)13-21(28)26-10-6-9-25(11-12-26)14-20(27)24-23(3,4)5/h7-8,15H,6,9-14H2,1-5H3,(H,24,27). The number of carbonyl (C=O) groups excluding carboxylic acids is 2. The molecular formula is C23H33N3O3. The number of fused-ring (bicyclic) bond motifs is 1. The molecule has 0 bridgehead atoms. The van der Waals surface area contributed by atoms with E-state index in [4.69, 9.17) is 4.42 Å². The molecule has 0 aliphatic carbocycles. The van der Waals surface area contributed by atoms with Crippen LogP contribution in [0.1, 0.15) is 43.9 Å². The lowest BCUT2D eigenvalue weighted by atomic mass is 10.0. The normalized spacial score (nSPS) is 16.1. The van der Waals surface area contributed by atoms with E-state index < -0.39 is 0 Å². The van der Waals surface area contributed by atoms with E-state index in [0.29, 0.717) is 26.1 Å². The molecule has 6 nitrogen and oxygen atoms in total. The summed E-state index contributed by atoms with van der Waals surface area (Å²) in [6.07, 6.45) is 2.94. The fraction of sp³-hybridized carbons (Fsp3) is 0.565. The summed E-state index contributed by atoms with van der Waals surface area (Å²) in [6, 6.07) is 4.12. The van der Waals surface area contributed by atoms with Crippen LogP contribution in [0.3, 0.4) is 0 Å². The smallest absolute Gasteiger partial charge is 0.234 e. The molecule has 158 valence electrons. The maximum atomic E-state index is 12.9.